The standard InChI is InChI=1S/C31H35NO3/c1-21-17-25(33)18-23-19-28(29-20-24(31(2,3)34)9-12-27(29)30(21)23)22-7-10-26(11-8-22)35-16-15-32-13-5-4-6-14-32/h7-12,17-20,33-34H,4-6,13-16H2,1-3H3. The summed E-state index contributed by atoms with van der Waals surface area (Å²) in [6, 6.07) is 20.2. The molecule has 0 unspecified atom stereocenters. The number of likely N-dealkylation sites (tertiary alicyclic amines) is 1. The summed E-state index contributed by atoms with van der Waals surface area (Å²) < 4.78 is 6.04. The van der Waals surface area contributed by atoms with Gasteiger partial charge in [0.1, 0.15) is 18.1 Å². The second-order valence-electron chi connectivity index (χ2n) is 10.4. The van der Waals surface area contributed by atoms with E-state index in [2.05, 4.69) is 35.2 Å². The van der Waals surface area contributed by atoms with Crippen molar-refractivity contribution in [1.82, 2.24) is 4.90 Å². The molecule has 0 bridgehead atoms. The van der Waals surface area contributed by atoms with Crippen molar-refractivity contribution >= 4 is 21.5 Å². The van der Waals surface area contributed by atoms with Crippen LogP contribution in [0.4, 0.5) is 0 Å². The Morgan fingerprint density at radius 2 is 1.63 bits per heavy atom. The molecule has 0 spiro atoms. The first-order valence-corrected chi connectivity index (χ1v) is 12.7. The number of phenolic OH excluding ortho intramolecular Hbond substituents is 1. The van der Waals surface area contributed by atoms with Crippen molar-refractivity contribution in [3.63, 3.8) is 0 Å². The number of piperidine rings is 1. The number of aromatic hydroxyl groups is 1. The number of aliphatic hydroxyl groups is 1. The highest BCUT2D eigenvalue weighted by Gasteiger charge is 2.19. The third kappa shape index (κ3) is 5.00. The van der Waals surface area contributed by atoms with E-state index >= 15 is 0 Å². The summed E-state index contributed by atoms with van der Waals surface area (Å²) in [5.74, 6) is 1.15. The van der Waals surface area contributed by atoms with Crippen LogP contribution in [0.1, 0.15) is 44.2 Å². The highest BCUT2D eigenvalue weighted by atomic mass is 16.5. The van der Waals surface area contributed by atoms with E-state index in [-0.39, 0.29) is 5.75 Å². The van der Waals surface area contributed by atoms with E-state index in [1.165, 1.54) is 32.4 Å². The lowest BCUT2D eigenvalue weighted by Crippen LogP contribution is -2.33. The highest BCUT2D eigenvalue weighted by Crippen LogP contribution is 2.39. The lowest BCUT2D eigenvalue weighted by molar-refractivity contribution is 0.0787. The molecule has 0 amide bonds. The molecule has 1 aliphatic rings. The number of hydrogen-bond acceptors (Lipinski definition) is 4. The quantitative estimate of drug-likeness (QED) is 0.306. The third-order valence-corrected chi connectivity index (χ3v) is 7.23. The van der Waals surface area contributed by atoms with Gasteiger partial charge >= 0.3 is 0 Å². The molecule has 4 nitrogen and oxygen atoms in total. The van der Waals surface area contributed by atoms with E-state index in [1.807, 2.05) is 45.0 Å². The zero-order chi connectivity index (χ0) is 24.6. The molecule has 1 saturated heterocycles. The smallest absolute Gasteiger partial charge is 0.119 e. The van der Waals surface area contributed by atoms with Crippen LogP contribution in [0.2, 0.25) is 0 Å². The van der Waals surface area contributed by atoms with Crippen LogP contribution in [0.5, 0.6) is 11.5 Å². The molecule has 1 fully saturated rings. The second-order valence-corrected chi connectivity index (χ2v) is 10.4. The van der Waals surface area contributed by atoms with Crippen LogP contribution < -0.4 is 4.74 Å². The first-order chi connectivity index (χ1) is 16.8. The van der Waals surface area contributed by atoms with Crippen molar-refractivity contribution in [2.45, 2.75) is 45.6 Å². The number of phenols is 1. The number of aryl methyl sites for hydroxylation is 1. The van der Waals surface area contributed by atoms with Crippen molar-refractivity contribution in [1.29, 1.82) is 0 Å². The van der Waals surface area contributed by atoms with Crippen LogP contribution in [0.25, 0.3) is 32.7 Å². The number of rotatable bonds is 6. The predicted octanol–water partition coefficient (Wildman–Crippen LogP) is 6.77. The average Bonchev–Trinajstić information content (AvgIpc) is 2.83. The normalized spacial score (nSPS) is 15.1. The minimum atomic E-state index is -0.934. The molecule has 0 aromatic heterocycles. The van der Waals surface area contributed by atoms with Crippen molar-refractivity contribution in [2.24, 2.45) is 0 Å². The minimum Gasteiger partial charge on any atom is -0.508 e. The van der Waals surface area contributed by atoms with E-state index in [9.17, 15) is 10.2 Å². The largest absolute Gasteiger partial charge is 0.508 e. The predicted molar refractivity (Wildman–Crippen MR) is 144 cm³/mol. The van der Waals surface area contributed by atoms with E-state index < -0.39 is 5.60 Å². The fourth-order valence-corrected chi connectivity index (χ4v) is 5.32. The molecule has 0 radical (unpaired) electrons. The van der Waals surface area contributed by atoms with Gasteiger partial charge in [-0.05, 0) is 127 Å². The van der Waals surface area contributed by atoms with Gasteiger partial charge in [-0.1, -0.05) is 30.7 Å². The molecule has 35 heavy (non-hydrogen) atoms. The molecule has 2 N–H and O–H groups in total. The third-order valence-electron chi connectivity index (χ3n) is 7.23. The molecule has 0 atom stereocenters. The van der Waals surface area contributed by atoms with Crippen molar-refractivity contribution in [3.05, 3.63) is 71.8 Å². The van der Waals surface area contributed by atoms with Crippen LogP contribution in [0.15, 0.2) is 60.7 Å². The number of fused-ring (bicyclic) bond motifs is 3. The Morgan fingerprint density at radius 3 is 2.34 bits per heavy atom. The summed E-state index contributed by atoms with van der Waals surface area (Å²) in [5, 5.41) is 25.3. The molecule has 0 aliphatic carbocycles. The Kier molecular flexibility index (Phi) is 6.43. The maximum Gasteiger partial charge on any atom is 0.119 e. The summed E-state index contributed by atoms with van der Waals surface area (Å²) >= 11 is 0. The lowest BCUT2D eigenvalue weighted by Gasteiger charge is -2.26. The monoisotopic (exact) mass is 469 g/mol. The van der Waals surface area contributed by atoms with Gasteiger partial charge in [-0.2, -0.15) is 0 Å². The zero-order valence-electron chi connectivity index (χ0n) is 21.0. The molecule has 4 heteroatoms. The Bertz CT molecular complexity index is 1350. The first kappa shape index (κ1) is 23.7. The van der Waals surface area contributed by atoms with Crippen LogP contribution in [0, 0.1) is 6.92 Å². The van der Waals surface area contributed by atoms with Crippen LogP contribution in [0.3, 0.4) is 0 Å². The van der Waals surface area contributed by atoms with Gasteiger partial charge < -0.3 is 14.9 Å². The van der Waals surface area contributed by atoms with Crippen molar-refractivity contribution < 1.29 is 14.9 Å². The van der Waals surface area contributed by atoms with Crippen LogP contribution in [-0.4, -0.2) is 41.4 Å². The van der Waals surface area contributed by atoms with Gasteiger partial charge in [0.25, 0.3) is 0 Å². The Balaban J connectivity index is 1.51. The van der Waals surface area contributed by atoms with Gasteiger partial charge in [-0.25, -0.2) is 0 Å². The molecule has 0 saturated carbocycles. The zero-order valence-corrected chi connectivity index (χ0v) is 21.0. The summed E-state index contributed by atoms with van der Waals surface area (Å²) in [5.41, 5.74) is 3.12. The molecule has 182 valence electrons. The molecule has 4 aromatic carbocycles. The van der Waals surface area contributed by atoms with Gasteiger partial charge in [-0.15, -0.1) is 0 Å². The maximum absolute atomic E-state index is 10.7. The molecule has 5 rings (SSSR count). The molecule has 4 aromatic rings. The Labute approximate surface area is 207 Å². The topological polar surface area (TPSA) is 52.9 Å². The van der Waals surface area contributed by atoms with E-state index in [0.29, 0.717) is 6.61 Å². The van der Waals surface area contributed by atoms with Gasteiger partial charge in [-0.3, -0.25) is 4.90 Å². The summed E-state index contributed by atoms with van der Waals surface area (Å²) in [4.78, 5) is 2.48. The van der Waals surface area contributed by atoms with Gasteiger partial charge in [0, 0.05) is 6.54 Å². The van der Waals surface area contributed by atoms with E-state index in [1.54, 1.807) is 6.07 Å². The average molecular weight is 470 g/mol. The lowest BCUT2D eigenvalue weighted by atomic mass is 9.88. The minimum absolute atomic E-state index is 0.269. The Morgan fingerprint density at radius 1 is 0.886 bits per heavy atom. The maximum atomic E-state index is 10.7. The number of benzene rings is 4. The van der Waals surface area contributed by atoms with Crippen molar-refractivity contribution in [3.8, 4) is 22.6 Å². The van der Waals surface area contributed by atoms with Gasteiger partial charge in [0.2, 0.25) is 0 Å². The summed E-state index contributed by atoms with van der Waals surface area (Å²) in [7, 11) is 0. The fourth-order valence-electron chi connectivity index (χ4n) is 5.32. The number of ether oxygens (including phenoxy) is 1. The number of nitrogens with zero attached hydrogens (tertiary/aromatic N) is 1. The molecule has 1 heterocycles. The first-order valence-electron chi connectivity index (χ1n) is 12.7. The van der Waals surface area contributed by atoms with Gasteiger partial charge in [0.05, 0.1) is 5.60 Å². The van der Waals surface area contributed by atoms with Crippen LogP contribution in [-0.2, 0) is 5.60 Å². The van der Waals surface area contributed by atoms with Crippen LogP contribution >= 0.6 is 0 Å². The number of hydrogen-bond donors (Lipinski definition) is 2. The van der Waals surface area contributed by atoms with E-state index in [0.717, 1.165) is 56.1 Å². The highest BCUT2D eigenvalue weighted by molar-refractivity contribution is 6.15. The molecular formula is C31H35NO3. The summed E-state index contributed by atoms with van der Waals surface area (Å²) in [6.07, 6.45) is 3.93. The van der Waals surface area contributed by atoms with E-state index in [4.69, 9.17) is 4.74 Å². The second kappa shape index (κ2) is 9.52. The molecular weight excluding hydrogens is 434 g/mol. The molecule has 1 aliphatic heterocycles. The SMILES string of the molecule is Cc1cc(O)cc2cc(-c3ccc(OCCN4CCCCC4)cc3)c3cc(C(C)(C)O)ccc3c12. The van der Waals surface area contributed by atoms with Gasteiger partial charge in [0.15, 0.2) is 0 Å². The van der Waals surface area contributed by atoms with Crippen molar-refractivity contribution in [2.75, 3.05) is 26.2 Å². The summed E-state index contributed by atoms with van der Waals surface area (Å²) in [6.45, 7) is 9.69. The fraction of sp³-hybridized carbons (Fsp3) is 0.355. The Hall–Kier alpha value is -3.08.